The molecule has 2 N–H and O–H groups in total. The van der Waals surface area contributed by atoms with Crippen LogP contribution < -0.4 is 5.73 Å². The second-order valence-electron chi connectivity index (χ2n) is 4.23. The molecule has 0 aliphatic heterocycles. The standard InChI is InChI=1S/C11H18F3N3O2/c1-4-5-8(15)10(19)17(7-11(12,13)14)6-9(18)16(2)3/h4,8H,1,5-7,15H2,2-3H3. The molecule has 110 valence electrons. The van der Waals surface area contributed by atoms with Gasteiger partial charge in [0.25, 0.3) is 0 Å². The van der Waals surface area contributed by atoms with Gasteiger partial charge in [0.15, 0.2) is 0 Å². The zero-order valence-electron chi connectivity index (χ0n) is 10.9. The molecule has 0 aliphatic carbocycles. The van der Waals surface area contributed by atoms with E-state index in [4.69, 9.17) is 5.73 Å². The van der Waals surface area contributed by atoms with Crippen LogP contribution in [0.15, 0.2) is 12.7 Å². The molecule has 0 bridgehead atoms. The highest BCUT2D eigenvalue weighted by molar-refractivity contribution is 5.87. The summed E-state index contributed by atoms with van der Waals surface area (Å²) >= 11 is 0. The van der Waals surface area contributed by atoms with Gasteiger partial charge < -0.3 is 15.5 Å². The van der Waals surface area contributed by atoms with E-state index in [2.05, 4.69) is 6.58 Å². The Morgan fingerprint density at radius 3 is 2.26 bits per heavy atom. The van der Waals surface area contributed by atoms with Crippen molar-refractivity contribution in [2.45, 2.75) is 18.6 Å². The molecule has 0 aromatic rings. The van der Waals surface area contributed by atoms with Gasteiger partial charge in [0.05, 0.1) is 6.04 Å². The van der Waals surface area contributed by atoms with Crippen LogP contribution in [0.5, 0.6) is 0 Å². The number of likely N-dealkylation sites (N-methyl/N-ethyl adjacent to an activating group) is 1. The van der Waals surface area contributed by atoms with E-state index in [9.17, 15) is 22.8 Å². The van der Waals surface area contributed by atoms with Gasteiger partial charge in [-0.25, -0.2) is 0 Å². The van der Waals surface area contributed by atoms with Gasteiger partial charge in [-0.1, -0.05) is 6.08 Å². The number of halogens is 3. The number of rotatable bonds is 6. The molecule has 0 saturated heterocycles. The quantitative estimate of drug-likeness (QED) is 0.715. The van der Waals surface area contributed by atoms with E-state index in [1.165, 1.54) is 20.2 Å². The lowest BCUT2D eigenvalue weighted by molar-refractivity contribution is -0.164. The van der Waals surface area contributed by atoms with Crippen molar-refractivity contribution in [3.05, 3.63) is 12.7 Å². The van der Waals surface area contributed by atoms with Crippen LogP contribution in [0.25, 0.3) is 0 Å². The summed E-state index contributed by atoms with van der Waals surface area (Å²) in [5.74, 6) is -1.53. The van der Waals surface area contributed by atoms with Crippen LogP contribution in [-0.4, -0.2) is 61.0 Å². The van der Waals surface area contributed by atoms with Gasteiger partial charge in [0, 0.05) is 14.1 Å². The SMILES string of the molecule is C=CCC(N)C(=O)N(CC(=O)N(C)C)CC(F)(F)F. The summed E-state index contributed by atoms with van der Waals surface area (Å²) in [6.07, 6.45) is -3.21. The minimum absolute atomic E-state index is 0.0450. The van der Waals surface area contributed by atoms with Crippen molar-refractivity contribution in [2.75, 3.05) is 27.2 Å². The summed E-state index contributed by atoms with van der Waals surface area (Å²) < 4.78 is 37.2. The first kappa shape index (κ1) is 17.4. The lowest BCUT2D eigenvalue weighted by Crippen LogP contribution is -2.50. The molecule has 0 aromatic carbocycles. The molecule has 5 nitrogen and oxygen atoms in total. The summed E-state index contributed by atoms with van der Waals surface area (Å²) in [7, 11) is 2.78. The Kier molecular flexibility index (Phi) is 6.54. The summed E-state index contributed by atoms with van der Waals surface area (Å²) in [6.45, 7) is 1.20. The van der Waals surface area contributed by atoms with Crippen LogP contribution in [-0.2, 0) is 9.59 Å². The topological polar surface area (TPSA) is 66.6 Å². The number of hydrogen-bond acceptors (Lipinski definition) is 3. The maximum absolute atomic E-state index is 12.4. The predicted octanol–water partition coefficient (Wildman–Crippen LogP) is 0.369. The molecular formula is C11H18F3N3O2. The van der Waals surface area contributed by atoms with Crippen molar-refractivity contribution in [3.8, 4) is 0 Å². The molecule has 19 heavy (non-hydrogen) atoms. The van der Waals surface area contributed by atoms with Crippen LogP contribution in [0.1, 0.15) is 6.42 Å². The van der Waals surface area contributed by atoms with Gasteiger partial charge in [-0.2, -0.15) is 13.2 Å². The monoisotopic (exact) mass is 281 g/mol. The third-order valence-electron chi connectivity index (χ3n) is 2.24. The molecule has 1 atom stereocenters. The van der Waals surface area contributed by atoms with Crippen molar-refractivity contribution in [3.63, 3.8) is 0 Å². The largest absolute Gasteiger partial charge is 0.406 e. The number of carbonyl (C=O) groups excluding carboxylic acids is 2. The fourth-order valence-corrected chi connectivity index (χ4v) is 1.25. The minimum atomic E-state index is -4.59. The van der Waals surface area contributed by atoms with Crippen LogP contribution >= 0.6 is 0 Å². The Hall–Kier alpha value is -1.57. The third-order valence-corrected chi connectivity index (χ3v) is 2.24. The first-order chi connectivity index (χ1) is 8.58. The van der Waals surface area contributed by atoms with Crippen molar-refractivity contribution < 1.29 is 22.8 Å². The fraction of sp³-hybridized carbons (Fsp3) is 0.636. The number of nitrogens with zero attached hydrogens (tertiary/aromatic N) is 2. The average Bonchev–Trinajstić information content (AvgIpc) is 2.25. The van der Waals surface area contributed by atoms with Gasteiger partial charge >= 0.3 is 6.18 Å². The lowest BCUT2D eigenvalue weighted by atomic mass is 10.2. The Bertz CT molecular complexity index is 343. The molecule has 0 rings (SSSR count). The normalized spacial score (nSPS) is 12.7. The van der Waals surface area contributed by atoms with E-state index in [1.54, 1.807) is 0 Å². The third kappa shape index (κ3) is 6.80. The maximum Gasteiger partial charge on any atom is 0.406 e. The highest BCUT2D eigenvalue weighted by Gasteiger charge is 2.35. The molecule has 2 amide bonds. The Morgan fingerprint density at radius 2 is 1.89 bits per heavy atom. The van der Waals surface area contributed by atoms with Gasteiger partial charge in [0.2, 0.25) is 11.8 Å². The fourth-order valence-electron chi connectivity index (χ4n) is 1.25. The van der Waals surface area contributed by atoms with Crippen molar-refractivity contribution in [1.29, 1.82) is 0 Å². The van der Waals surface area contributed by atoms with Gasteiger partial charge in [0.1, 0.15) is 13.1 Å². The molecule has 0 spiro atoms. The van der Waals surface area contributed by atoms with Crippen LogP contribution in [0.3, 0.4) is 0 Å². The molecule has 1 unspecified atom stereocenters. The lowest BCUT2D eigenvalue weighted by Gasteiger charge is -2.26. The second-order valence-corrected chi connectivity index (χ2v) is 4.23. The summed E-state index contributed by atoms with van der Waals surface area (Å²) in [5.41, 5.74) is 5.44. The number of nitrogens with two attached hydrogens (primary N) is 1. The Morgan fingerprint density at radius 1 is 1.37 bits per heavy atom. The molecule has 0 radical (unpaired) electrons. The maximum atomic E-state index is 12.4. The summed E-state index contributed by atoms with van der Waals surface area (Å²) in [5, 5.41) is 0. The molecule has 0 heterocycles. The molecule has 0 aromatic heterocycles. The Labute approximate surface area is 109 Å². The highest BCUT2D eigenvalue weighted by Crippen LogP contribution is 2.17. The minimum Gasteiger partial charge on any atom is -0.347 e. The zero-order chi connectivity index (χ0) is 15.2. The van der Waals surface area contributed by atoms with E-state index in [-0.39, 0.29) is 6.42 Å². The van der Waals surface area contributed by atoms with E-state index in [0.717, 1.165) is 4.90 Å². The number of hydrogen-bond donors (Lipinski definition) is 1. The zero-order valence-corrected chi connectivity index (χ0v) is 10.9. The van der Waals surface area contributed by atoms with Crippen molar-refractivity contribution in [1.82, 2.24) is 9.80 Å². The first-order valence-electron chi connectivity index (χ1n) is 5.50. The highest BCUT2D eigenvalue weighted by atomic mass is 19.4. The van der Waals surface area contributed by atoms with Crippen molar-refractivity contribution in [2.24, 2.45) is 5.73 Å². The van der Waals surface area contributed by atoms with Gasteiger partial charge in [-0.3, -0.25) is 9.59 Å². The van der Waals surface area contributed by atoms with Gasteiger partial charge in [-0.15, -0.1) is 6.58 Å². The smallest absolute Gasteiger partial charge is 0.347 e. The van der Waals surface area contributed by atoms with Crippen LogP contribution in [0, 0.1) is 0 Å². The van der Waals surface area contributed by atoms with E-state index in [0.29, 0.717) is 4.90 Å². The first-order valence-corrected chi connectivity index (χ1v) is 5.50. The summed E-state index contributed by atoms with van der Waals surface area (Å²) in [4.78, 5) is 24.7. The molecule has 0 saturated carbocycles. The molecule has 0 aliphatic rings. The summed E-state index contributed by atoms with van der Waals surface area (Å²) in [6, 6.07) is -1.13. The number of carbonyl (C=O) groups is 2. The predicted molar refractivity (Wildman–Crippen MR) is 64.1 cm³/mol. The van der Waals surface area contributed by atoms with Crippen LogP contribution in [0.4, 0.5) is 13.2 Å². The van der Waals surface area contributed by atoms with E-state index in [1.807, 2.05) is 0 Å². The van der Waals surface area contributed by atoms with Crippen molar-refractivity contribution >= 4 is 11.8 Å². The average molecular weight is 281 g/mol. The van der Waals surface area contributed by atoms with E-state index >= 15 is 0 Å². The van der Waals surface area contributed by atoms with Gasteiger partial charge in [-0.05, 0) is 6.42 Å². The number of alkyl halides is 3. The molecule has 8 heteroatoms. The molecule has 0 fully saturated rings. The second kappa shape index (κ2) is 7.13. The van der Waals surface area contributed by atoms with E-state index < -0.39 is 37.1 Å². The van der Waals surface area contributed by atoms with Crippen LogP contribution in [0.2, 0.25) is 0 Å². The Balaban J connectivity index is 4.90. The number of amides is 2. The molecular weight excluding hydrogens is 263 g/mol.